The average Bonchev–Trinajstić information content (AvgIpc) is 3.45. The van der Waals surface area contributed by atoms with Gasteiger partial charge < -0.3 is 23.4 Å². The first-order valence-electron chi connectivity index (χ1n) is 11.8. The lowest BCUT2D eigenvalue weighted by Crippen LogP contribution is -2.67. The number of hydrogen-bond donors (Lipinski definition) is 0. The number of rotatable bonds is 5. The molecule has 176 valence electrons. The molecule has 0 unspecified atom stereocenters. The molecule has 33 heavy (non-hydrogen) atoms. The van der Waals surface area contributed by atoms with Crippen LogP contribution < -0.4 is 10.4 Å². The van der Waals surface area contributed by atoms with Crippen LogP contribution in [-0.4, -0.2) is 51.4 Å². The van der Waals surface area contributed by atoms with E-state index in [2.05, 4.69) is 87.5 Å². The summed E-state index contributed by atoms with van der Waals surface area (Å²) >= 11 is 0. The monoisotopic (exact) mass is 466 g/mol. The molecule has 6 heteroatoms. The highest BCUT2D eigenvalue weighted by Gasteiger charge is 2.65. The van der Waals surface area contributed by atoms with Crippen molar-refractivity contribution < 1.29 is 23.4 Å². The third-order valence-corrected chi connectivity index (χ3v) is 12.0. The molecule has 5 nitrogen and oxygen atoms in total. The van der Waals surface area contributed by atoms with E-state index in [1.54, 1.807) is 0 Å². The van der Waals surface area contributed by atoms with Crippen LogP contribution in [0.4, 0.5) is 0 Å². The molecule has 2 fully saturated rings. The topological polar surface area (TPSA) is 46.2 Å². The molecule has 0 amide bonds. The predicted molar refractivity (Wildman–Crippen MR) is 130 cm³/mol. The second-order valence-corrected chi connectivity index (χ2v) is 14.9. The summed E-state index contributed by atoms with van der Waals surface area (Å²) in [7, 11) is -2.69. The summed E-state index contributed by atoms with van der Waals surface area (Å²) in [6.07, 6.45) is 3.00. The van der Waals surface area contributed by atoms with Gasteiger partial charge in [-0.25, -0.2) is 0 Å². The molecule has 0 radical (unpaired) electrons. The van der Waals surface area contributed by atoms with Crippen molar-refractivity contribution in [3.63, 3.8) is 0 Å². The molecule has 2 aromatic rings. The first kappa shape index (κ1) is 23.0. The molecule has 5 rings (SSSR count). The van der Waals surface area contributed by atoms with Crippen LogP contribution >= 0.6 is 0 Å². The zero-order chi connectivity index (χ0) is 23.3. The van der Waals surface area contributed by atoms with Crippen LogP contribution in [0.3, 0.4) is 0 Å². The van der Waals surface area contributed by atoms with E-state index in [9.17, 15) is 0 Å². The van der Waals surface area contributed by atoms with Crippen molar-refractivity contribution in [3.05, 3.63) is 72.8 Å². The van der Waals surface area contributed by atoms with Crippen molar-refractivity contribution in [2.24, 2.45) is 0 Å². The highest BCUT2D eigenvalue weighted by molar-refractivity contribution is 6.99. The van der Waals surface area contributed by atoms with Gasteiger partial charge in [-0.15, -0.1) is 0 Å². The highest BCUT2D eigenvalue weighted by atomic mass is 28.4. The number of ether oxygens (including phenoxy) is 4. The quantitative estimate of drug-likeness (QED) is 0.496. The molecular weight excluding hydrogens is 432 g/mol. The summed E-state index contributed by atoms with van der Waals surface area (Å²) in [5, 5.41) is 2.37. The van der Waals surface area contributed by atoms with Crippen molar-refractivity contribution in [3.8, 4) is 0 Å². The predicted octanol–water partition coefficient (Wildman–Crippen LogP) is 3.76. The second-order valence-electron chi connectivity index (χ2n) is 10.6. The molecule has 0 saturated carbocycles. The minimum atomic E-state index is -2.69. The summed E-state index contributed by atoms with van der Waals surface area (Å²) in [5.74, 6) is -0.702. The van der Waals surface area contributed by atoms with E-state index in [-0.39, 0.29) is 17.2 Å². The van der Waals surface area contributed by atoms with E-state index in [4.69, 9.17) is 23.4 Å². The van der Waals surface area contributed by atoms with Crippen LogP contribution in [-0.2, 0) is 23.4 Å². The lowest BCUT2D eigenvalue weighted by molar-refractivity contribution is -0.229. The van der Waals surface area contributed by atoms with Crippen LogP contribution in [0.2, 0.25) is 5.04 Å². The normalized spacial score (nSPS) is 30.8. The molecule has 3 aliphatic heterocycles. The van der Waals surface area contributed by atoms with E-state index in [1.807, 2.05) is 19.9 Å². The second kappa shape index (κ2) is 8.15. The number of benzene rings is 2. The first-order valence-corrected chi connectivity index (χ1v) is 13.7. The highest BCUT2D eigenvalue weighted by Crippen LogP contribution is 2.48. The molecular formula is C27H34O5Si. The molecule has 1 spiro atoms. The van der Waals surface area contributed by atoms with Gasteiger partial charge in [0.2, 0.25) is 0 Å². The fourth-order valence-corrected chi connectivity index (χ4v) is 10.1. The van der Waals surface area contributed by atoms with E-state index in [0.717, 1.165) is 0 Å². The molecule has 0 N–H and O–H groups in total. The van der Waals surface area contributed by atoms with Gasteiger partial charge in [0.15, 0.2) is 12.1 Å². The maximum atomic E-state index is 7.14. The number of hydrogen-bond acceptors (Lipinski definition) is 5. The summed E-state index contributed by atoms with van der Waals surface area (Å²) in [5.41, 5.74) is -0.705. The Morgan fingerprint density at radius 2 is 1.55 bits per heavy atom. The third-order valence-electron chi connectivity index (χ3n) is 6.98. The van der Waals surface area contributed by atoms with E-state index >= 15 is 0 Å². The fourth-order valence-electron chi connectivity index (χ4n) is 5.57. The minimum Gasteiger partial charge on any atom is -0.405 e. The van der Waals surface area contributed by atoms with Crippen LogP contribution in [0.1, 0.15) is 34.6 Å². The Hall–Kier alpha value is -1.80. The molecule has 2 aromatic carbocycles. The van der Waals surface area contributed by atoms with Crippen LogP contribution in [0.5, 0.6) is 0 Å². The third kappa shape index (κ3) is 3.73. The van der Waals surface area contributed by atoms with E-state index < -0.39 is 26.0 Å². The van der Waals surface area contributed by atoms with Gasteiger partial charge in [0.25, 0.3) is 8.32 Å². The zero-order valence-electron chi connectivity index (χ0n) is 20.1. The summed E-state index contributed by atoms with van der Waals surface area (Å²) in [6.45, 7) is 11.6. The number of fused-ring (bicyclic) bond motifs is 2. The largest absolute Gasteiger partial charge is 0.405 e. The van der Waals surface area contributed by atoms with E-state index in [0.29, 0.717) is 13.2 Å². The Morgan fingerprint density at radius 3 is 2.06 bits per heavy atom. The fraction of sp³-hybridized carbons (Fsp3) is 0.481. The molecule has 0 aromatic heterocycles. The lowest BCUT2D eigenvalue weighted by atomic mass is 9.93. The Labute approximate surface area is 197 Å². The van der Waals surface area contributed by atoms with Gasteiger partial charge >= 0.3 is 0 Å². The van der Waals surface area contributed by atoms with Gasteiger partial charge in [-0.2, -0.15) is 0 Å². The van der Waals surface area contributed by atoms with Crippen LogP contribution in [0, 0.1) is 0 Å². The summed E-state index contributed by atoms with van der Waals surface area (Å²) in [6, 6.07) is 21.3. The standard InChI is InChI=1S/C27H34O5Si/c1-25(2,3)33(20-13-8-6-9-14-20,21-15-10-7-11-16-21)29-19-22-27(17-12-18-28-27)23-24(30-22)32-26(4,5)31-23/h6-17,22-24H,18-19H2,1-5H3/t22-,23+,24-,27-/m1/s1. The smallest absolute Gasteiger partial charge is 0.261 e. The Morgan fingerprint density at radius 1 is 0.939 bits per heavy atom. The van der Waals surface area contributed by atoms with Gasteiger partial charge in [-0.05, 0) is 35.3 Å². The SMILES string of the molecule is CC1(C)O[C@H]2O[C@H](CO[Si](c3ccccc3)(c3ccccc3)C(C)(C)C)[C@]3(C=CCO3)[C@H]2O1. The average molecular weight is 467 g/mol. The van der Waals surface area contributed by atoms with Crippen molar-refractivity contribution in [1.82, 2.24) is 0 Å². The Balaban J connectivity index is 1.52. The molecule has 2 saturated heterocycles. The molecule has 0 bridgehead atoms. The first-order chi connectivity index (χ1) is 15.7. The maximum Gasteiger partial charge on any atom is 0.261 e. The van der Waals surface area contributed by atoms with Crippen molar-refractivity contribution >= 4 is 18.7 Å². The van der Waals surface area contributed by atoms with Crippen molar-refractivity contribution in [2.75, 3.05) is 13.2 Å². The van der Waals surface area contributed by atoms with Crippen molar-refractivity contribution in [1.29, 1.82) is 0 Å². The minimum absolute atomic E-state index is 0.112. The molecule has 3 heterocycles. The molecule has 4 atom stereocenters. The summed E-state index contributed by atoms with van der Waals surface area (Å²) in [4.78, 5) is 0. The van der Waals surface area contributed by atoms with Gasteiger partial charge in [-0.1, -0.05) is 87.5 Å². The van der Waals surface area contributed by atoms with E-state index in [1.165, 1.54) is 10.4 Å². The Kier molecular flexibility index (Phi) is 5.67. The van der Waals surface area contributed by atoms with Crippen LogP contribution in [0.15, 0.2) is 72.8 Å². The Bertz CT molecular complexity index is 961. The van der Waals surface area contributed by atoms with Gasteiger partial charge in [0.1, 0.15) is 17.8 Å². The molecule has 0 aliphatic carbocycles. The van der Waals surface area contributed by atoms with Gasteiger partial charge in [0, 0.05) is 0 Å². The maximum absolute atomic E-state index is 7.14. The lowest BCUT2D eigenvalue weighted by Gasteiger charge is -2.44. The zero-order valence-corrected chi connectivity index (χ0v) is 21.1. The van der Waals surface area contributed by atoms with Gasteiger partial charge in [-0.3, -0.25) is 0 Å². The molecule has 3 aliphatic rings. The summed E-state index contributed by atoms with van der Waals surface area (Å²) < 4.78 is 32.1. The van der Waals surface area contributed by atoms with Crippen LogP contribution in [0.25, 0.3) is 0 Å². The van der Waals surface area contributed by atoms with Crippen molar-refractivity contribution in [2.45, 2.75) is 69.5 Å². The van der Waals surface area contributed by atoms with Gasteiger partial charge in [0.05, 0.1) is 13.2 Å².